The van der Waals surface area contributed by atoms with Gasteiger partial charge in [0.1, 0.15) is 5.60 Å². The van der Waals surface area contributed by atoms with Crippen LogP contribution in [0.4, 0.5) is 4.79 Å². The molecule has 8 heteroatoms. The Morgan fingerprint density at radius 3 is 2.18 bits per heavy atom. The molecule has 0 fully saturated rings. The Labute approximate surface area is 174 Å². The van der Waals surface area contributed by atoms with Crippen LogP contribution in [0.2, 0.25) is 0 Å². The largest absolute Gasteiger partial charge is 0.444 e. The number of aliphatic imine (C=N–C) groups is 1. The van der Waals surface area contributed by atoms with Crippen molar-refractivity contribution in [3.05, 3.63) is 0 Å². The van der Waals surface area contributed by atoms with Crippen LogP contribution in [0.1, 0.15) is 61.8 Å². The van der Waals surface area contributed by atoms with E-state index in [1.807, 2.05) is 53.5 Å². The van der Waals surface area contributed by atoms with Crippen LogP contribution in [0.25, 0.3) is 0 Å². The predicted molar refractivity (Wildman–Crippen MR) is 119 cm³/mol. The Balaban J connectivity index is 4.59. The minimum atomic E-state index is -0.899. The number of hydrogen-bond donors (Lipinski definition) is 2. The SMILES string of the molecule is CN=C(NCCS(=O)C(C)(C)C)N(C)CCC(NC(=O)OC(C)(C)C)C(C)C. The van der Waals surface area contributed by atoms with E-state index in [9.17, 15) is 9.00 Å². The first-order valence-corrected chi connectivity index (χ1v) is 11.3. The zero-order chi connectivity index (χ0) is 22.1. The monoisotopic (exact) mass is 418 g/mol. The second-order valence-electron chi connectivity index (χ2n) is 9.34. The number of carbonyl (C=O) groups is 1. The summed E-state index contributed by atoms with van der Waals surface area (Å²) in [6.07, 6.45) is 0.378. The number of guanidine groups is 1. The molecule has 0 aliphatic carbocycles. The first kappa shape index (κ1) is 26.7. The van der Waals surface area contributed by atoms with Crippen molar-refractivity contribution >= 4 is 22.9 Å². The third kappa shape index (κ3) is 11.5. The van der Waals surface area contributed by atoms with Crippen molar-refractivity contribution in [3.8, 4) is 0 Å². The lowest BCUT2D eigenvalue weighted by molar-refractivity contribution is 0.0486. The molecule has 2 N–H and O–H groups in total. The van der Waals surface area contributed by atoms with Crippen LogP contribution in [-0.4, -0.2) is 70.5 Å². The molecule has 0 aromatic heterocycles. The van der Waals surface area contributed by atoms with Gasteiger partial charge in [0.25, 0.3) is 0 Å². The van der Waals surface area contributed by atoms with Crippen molar-refractivity contribution in [1.29, 1.82) is 0 Å². The third-order valence-electron chi connectivity index (χ3n) is 4.11. The third-order valence-corrected chi connectivity index (χ3v) is 6.05. The number of carbonyl (C=O) groups excluding carboxylic acids is 1. The molecule has 0 aliphatic rings. The molecule has 0 rings (SSSR count). The molecular formula is C20H42N4O3S. The summed E-state index contributed by atoms with van der Waals surface area (Å²) in [5, 5.41) is 6.24. The summed E-state index contributed by atoms with van der Waals surface area (Å²) in [5.41, 5.74) is -0.512. The number of hydrogen-bond acceptors (Lipinski definition) is 4. The maximum atomic E-state index is 12.2. The lowest BCUT2D eigenvalue weighted by Crippen LogP contribution is -2.46. The number of rotatable bonds is 8. The molecule has 0 spiro atoms. The molecular weight excluding hydrogens is 376 g/mol. The fourth-order valence-corrected chi connectivity index (χ4v) is 3.32. The van der Waals surface area contributed by atoms with E-state index in [-0.39, 0.29) is 22.8 Å². The summed E-state index contributed by atoms with van der Waals surface area (Å²) >= 11 is 0. The second kappa shape index (κ2) is 11.6. The van der Waals surface area contributed by atoms with Crippen molar-refractivity contribution < 1.29 is 13.7 Å². The van der Waals surface area contributed by atoms with Crippen LogP contribution >= 0.6 is 0 Å². The summed E-state index contributed by atoms with van der Waals surface area (Å²) in [6, 6.07) is 0.00352. The zero-order valence-corrected chi connectivity index (χ0v) is 20.3. The topological polar surface area (TPSA) is 83.0 Å². The number of nitrogens with zero attached hydrogens (tertiary/aromatic N) is 2. The fourth-order valence-electron chi connectivity index (χ4n) is 2.42. The molecule has 28 heavy (non-hydrogen) atoms. The lowest BCUT2D eigenvalue weighted by atomic mass is 10.0. The lowest BCUT2D eigenvalue weighted by Gasteiger charge is -2.28. The summed E-state index contributed by atoms with van der Waals surface area (Å²) in [4.78, 5) is 18.4. The van der Waals surface area contributed by atoms with Gasteiger partial charge in [-0.15, -0.1) is 0 Å². The summed E-state index contributed by atoms with van der Waals surface area (Å²) in [7, 11) is 2.79. The van der Waals surface area contributed by atoms with Crippen molar-refractivity contribution in [3.63, 3.8) is 0 Å². The highest BCUT2D eigenvalue weighted by Gasteiger charge is 2.22. The number of ether oxygens (including phenoxy) is 1. The Kier molecular flexibility index (Phi) is 11.1. The smallest absolute Gasteiger partial charge is 0.407 e. The highest BCUT2D eigenvalue weighted by Crippen LogP contribution is 2.12. The van der Waals surface area contributed by atoms with Gasteiger partial charge in [-0.3, -0.25) is 9.20 Å². The maximum Gasteiger partial charge on any atom is 0.407 e. The molecule has 0 saturated heterocycles. The average Bonchev–Trinajstić information content (AvgIpc) is 2.52. The Bertz CT molecular complexity index is 537. The molecule has 0 heterocycles. The molecule has 2 atom stereocenters. The average molecular weight is 419 g/mol. The molecule has 0 aliphatic heterocycles. The van der Waals surface area contributed by atoms with Crippen LogP contribution < -0.4 is 10.6 Å². The van der Waals surface area contributed by atoms with Crippen LogP contribution in [-0.2, 0) is 15.5 Å². The van der Waals surface area contributed by atoms with E-state index in [2.05, 4.69) is 29.5 Å². The van der Waals surface area contributed by atoms with Gasteiger partial charge >= 0.3 is 6.09 Å². The molecule has 0 aromatic rings. The molecule has 0 radical (unpaired) electrons. The van der Waals surface area contributed by atoms with Gasteiger partial charge in [0.05, 0.1) is 0 Å². The van der Waals surface area contributed by atoms with Gasteiger partial charge in [-0.25, -0.2) is 4.79 Å². The second-order valence-corrected chi connectivity index (χ2v) is 11.7. The predicted octanol–water partition coefficient (Wildman–Crippen LogP) is 2.98. The highest BCUT2D eigenvalue weighted by molar-refractivity contribution is 7.86. The first-order valence-electron chi connectivity index (χ1n) is 9.97. The molecule has 1 amide bonds. The van der Waals surface area contributed by atoms with E-state index in [4.69, 9.17) is 4.74 Å². The van der Waals surface area contributed by atoms with Gasteiger partial charge in [0.2, 0.25) is 0 Å². The summed E-state index contributed by atoms with van der Waals surface area (Å²) < 4.78 is 17.3. The van der Waals surface area contributed by atoms with E-state index >= 15 is 0 Å². The van der Waals surface area contributed by atoms with E-state index in [1.54, 1.807) is 7.05 Å². The molecule has 2 unspecified atom stereocenters. The minimum Gasteiger partial charge on any atom is -0.444 e. The van der Waals surface area contributed by atoms with Gasteiger partial charge < -0.3 is 20.3 Å². The van der Waals surface area contributed by atoms with E-state index < -0.39 is 16.4 Å². The van der Waals surface area contributed by atoms with Crippen molar-refractivity contribution in [2.45, 2.75) is 78.2 Å². The van der Waals surface area contributed by atoms with E-state index in [1.165, 1.54) is 0 Å². The van der Waals surface area contributed by atoms with Crippen LogP contribution in [0, 0.1) is 5.92 Å². The molecule has 0 bridgehead atoms. The highest BCUT2D eigenvalue weighted by atomic mass is 32.2. The first-order chi connectivity index (χ1) is 12.7. The Hall–Kier alpha value is -1.31. The van der Waals surface area contributed by atoms with Crippen LogP contribution in [0.15, 0.2) is 4.99 Å². The Morgan fingerprint density at radius 2 is 1.75 bits per heavy atom. The Morgan fingerprint density at radius 1 is 1.18 bits per heavy atom. The van der Waals surface area contributed by atoms with Gasteiger partial charge in [-0.2, -0.15) is 0 Å². The van der Waals surface area contributed by atoms with Gasteiger partial charge in [0, 0.05) is 54.5 Å². The van der Waals surface area contributed by atoms with Crippen molar-refractivity contribution in [2.75, 3.05) is 32.9 Å². The normalized spacial score (nSPS) is 15.2. The van der Waals surface area contributed by atoms with E-state index in [0.717, 1.165) is 18.9 Å². The number of amides is 1. The fraction of sp³-hybridized carbons (Fsp3) is 0.900. The maximum absolute atomic E-state index is 12.2. The van der Waals surface area contributed by atoms with Gasteiger partial charge in [-0.1, -0.05) is 13.8 Å². The van der Waals surface area contributed by atoms with Gasteiger partial charge in [0.15, 0.2) is 5.96 Å². The number of nitrogens with one attached hydrogen (secondary N) is 2. The molecule has 0 saturated carbocycles. The minimum absolute atomic E-state index is 0.00352. The van der Waals surface area contributed by atoms with E-state index in [0.29, 0.717) is 12.3 Å². The molecule has 0 aromatic carbocycles. The summed E-state index contributed by atoms with van der Waals surface area (Å²) in [5.74, 6) is 1.61. The van der Waals surface area contributed by atoms with Crippen molar-refractivity contribution in [1.82, 2.24) is 15.5 Å². The quantitative estimate of drug-likeness (QED) is 0.468. The molecule has 7 nitrogen and oxygen atoms in total. The summed E-state index contributed by atoms with van der Waals surface area (Å²) in [6.45, 7) is 17.0. The van der Waals surface area contributed by atoms with Crippen molar-refractivity contribution in [2.24, 2.45) is 10.9 Å². The standard InChI is InChI=1S/C20H42N4O3S/c1-15(2)16(23-18(25)27-19(3,4)5)11-13-24(10)17(21-9)22-12-14-28(26)20(6,7)8/h15-16H,11-14H2,1-10H3,(H,21,22)(H,23,25). The van der Waals surface area contributed by atoms with Crippen LogP contribution in [0.5, 0.6) is 0 Å². The molecule has 166 valence electrons. The van der Waals surface area contributed by atoms with Gasteiger partial charge in [-0.05, 0) is 53.9 Å². The number of alkyl carbamates (subject to hydrolysis) is 1. The van der Waals surface area contributed by atoms with Crippen LogP contribution in [0.3, 0.4) is 0 Å². The zero-order valence-electron chi connectivity index (χ0n) is 19.5.